The fourth-order valence-electron chi connectivity index (χ4n) is 3.10. The number of carbonyl (C=O) groups excluding carboxylic acids is 2. The lowest BCUT2D eigenvalue weighted by Crippen LogP contribution is -2.53. The molecule has 0 aliphatic carbocycles. The first-order chi connectivity index (χ1) is 12.2. The predicted molar refractivity (Wildman–Crippen MR) is 98.2 cm³/mol. The van der Waals surface area contributed by atoms with Gasteiger partial charge in [0.25, 0.3) is 5.91 Å². The molecule has 1 heterocycles. The molecule has 0 aromatic heterocycles. The van der Waals surface area contributed by atoms with E-state index in [1.54, 1.807) is 56.3 Å². The molecule has 1 aliphatic heterocycles. The molecular weight excluding hydrogens is 332 g/mol. The van der Waals surface area contributed by atoms with E-state index in [-0.39, 0.29) is 5.78 Å². The van der Waals surface area contributed by atoms with E-state index in [4.69, 9.17) is 10.5 Å². The summed E-state index contributed by atoms with van der Waals surface area (Å²) in [6, 6.07) is 11.0. The van der Waals surface area contributed by atoms with Crippen molar-refractivity contribution in [3.05, 3.63) is 59.2 Å². The summed E-state index contributed by atoms with van der Waals surface area (Å²) in [5.74, 6) is 0.0187. The largest absolute Gasteiger partial charge is 0.485 e. The SMILES string of the molecule is CC(=O)c1ccc2c(c1)[C@H](NC(=O)c1ccccc1N)[C@@H](O)C(C)(C)O2. The number of rotatable bonds is 3. The minimum atomic E-state index is -1.01. The van der Waals surface area contributed by atoms with E-state index in [1.165, 1.54) is 6.92 Å². The highest BCUT2D eigenvalue weighted by atomic mass is 16.5. The van der Waals surface area contributed by atoms with Crippen LogP contribution in [0.3, 0.4) is 0 Å². The fourth-order valence-corrected chi connectivity index (χ4v) is 3.10. The molecule has 0 saturated heterocycles. The molecule has 4 N–H and O–H groups in total. The quantitative estimate of drug-likeness (QED) is 0.580. The minimum Gasteiger partial charge on any atom is -0.485 e. The number of anilines is 1. The molecule has 3 rings (SSSR count). The zero-order valence-corrected chi connectivity index (χ0v) is 14.9. The summed E-state index contributed by atoms with van der Waals surface area (Å²) >= 11 is 0. The van der Waals surface area contributed by atoms with Crippen LogP contribution in [0, 0.1) is 0 Å². The van der Waals surface area contributed by atoms with Crippen LogP contribution >= 0.6 is 0 Å². The summed E-state index contributed by atoms with van der Waals surface area (Å²) in [6.45, 7) is 4.95. The summed E-state index contributed by atoms with van der Waals surface area (Å²) in [5, 5.41) is 13.6. The van der Waals surface area contributed by atoms with Gasteiger partial charge in [0.15, 0.2) is 5.78 Å². The molecular formula is C20H22N2O4. The number of fused-ring (bicyclic) bond motifs is 1. The Morgan fingerprint density at radius 3 is 2.54 bits per heavy atom. The van der Waals surface area contributed by atoms with Gasteiger partial charge in [-0.25, -0.2) is 0 Å². The lowest BCUT2D eigenvalue weighted by Gasteiger charge is -2.42. The van der Waals surface area contributed by atoms with Crippen molar-refractivity contribution in [3.8, 4) is 5.75 Å². The predicted octanol–water partition coefficient (Wildman–Crippen LogP) is 2.47. The van der Waals surface area contributed by atoms with Gasteiger partial charge < -0.3 is 20.9 Å². The second kappa shape index (κ2) is 6.46. The van der Waals surface area contributed by atoms with E-state index >= 15 is 0 Å². The average Bonchev–Trinajstić information content (AvgIpc) is 2.58. The summed E-state index contributed by atoms with van der Waals surface area (Å²) in [5.41, 5.74) is 6.69. The van der Waals surface area contributed by atoms with Crippen molar-refractivity contribution in [2.45, 2.75) is 38.5 Å². The Hall–Kier alpha value is -2.86. The van der Waals surface area contributed by atoms with Gasteiger partial charge in [0, 0.05) is 16.8 Å². The maximum atomic E-state index is 12.7. The summed E-state index contributed by atoms with van der Waals surface area (Å²) in [7, 11) is 0. The minimum absolute atomic E-state index is 0.107. The first kappa shape index (κ1) is 17.9. The molecule has 0 fully saturated rings. The van der Waals surface area contributed by atoms with Gasteiger partial charge in [0.05, 0.1) is 11.6 Å². The molecule has 136 valence electrons. The van der Waals surface area contributed by atoms with E-state index in [1.807, 2.05) is 0 Å². The second-order valence-corrected chi connectivity index (χ2v) is 7.00. The van der Waals surface area contributed by atoms with Crippen molar-refractivity contribution in [2.75, 3.05) is 5.73 Å². The molecule has 0 radical (unpaired) electrons. The molecule has 6 heteroatoms. The number of nitrogens with two attached hydrogens (primary N) is 1. The van der Waals surface area contributed by atoms with Crippen molar-refractivity contribution in [3.63, 3.8) is 0 Å². The highest BCUT2D eigenvalue weighted by molar-refractivity contribution is 5.99. The zero-order valence-electron chi connectivity index (χ0n) is 14.9. The van der Waals surface area contributed by atoms with Crippen LogP contribution in [0.4, 0.5) is 5.69 Å². The summed E-state index contributed by atoms with van der Waals surface area (Å²) < 4.78 is 5.87. The van der Waals surface area contributed by atoms with Gasteiger partial charge in [-0.2, -0.15) is 0 Å². The summed E-state index contributed by atoms with van der Waals surface area (Å²) in [6.07, 6.45) is -1.01. The van der Waals surface area contributed by atoms with Crippen LogP contribution in [0.25, 0.3) is 0 Å². The number of amides is 1. The van der Waals surface area contributed by atoms with Crippen LogP contribution in [-0.4, -0.2) is 28.5 Å². The molecule has 1 amide bonds. The van der Waals surface area contributed by atoms with E-state index < -0.39 is 23.7 Å². The number of ether oxygens (including phenoxy) is 1. The number of aliphatic hydroxyl groups excluding tert-OH is 1. The molecule has 2 aromatic rings. The maximum absolute atomic E-state index is 12.7. The van der Waals surface area contributed by atoms with Crippen molar-refractivity contribution in [1.29, 1.82) is 0 Å². The molecule has 0 spiro atoms. The molecule has 26 heavy (non-hydrogen) atoms. The smallest absolute Gasteiger partial charge is 0.253 e. The van der Waals surface area contributed by atoms with Crippen LogP contribution in [-0.2, 0) is 0 Å². The van der Waals surface area contributed by atoms with E-state index in [0.717, 1.165) is 0 Å². The molecule has 2 atom stereocenters. The molecule has 0 saturated carbocycles. The number of hydrogen-bond acceptors (Lipinski definition) is 5. The Balaban J connectivity index is 2.02. The van der Waals surface area contributed by atoms with Gasteiger partial charge in [0.1, 0.15) is 17.5 Å². The first-order valence-corrected chi connectivity index (χ1v) is 8.38. The van der Waals surface area contributed by atoms with Gasteiger partial charge in [-0.05, 0) is 51.1 Å². The Labute approximate surface area is 152 Å². The number of nitrogens with one attached hydrogen (secondary N) is 1. The van der Waals surface area contributed by atoms with Crippen LogP contribution in [0.15, 0.2) is 42.5 Å². The Morgan fingerprint density at radius 2 is 1.88 bits per heavy atom. The zero-order chi connectivity index (χ0) is 19.1. The van der Waals surface area contributed by atoms with Crippen LogP contribution in [0.1, 0.15) is 53.1 Å². The van der Waals surface area contributed by atoms with Crippen molar-refractivity contribution >= 4 is 17.4 Å². The van der Waals surface area contributed by atoms with E-state index in [2.05, 4.69) is 5.32 Å². The van der Waals surface area contributed by atoms with Gasteiger partial charge in [-0.15, -0.1) is 0 Å². The number of aliphatic hydroxyl groups is 1. The molecule has 0 bridgehead atoms. The van der Waals surface area contributed by atoms with Gasteiger partial charge in [0.2, 0.25) is 0 Å². The number of nitrogen functional groups attached to an aromatic ring is 1. The van der Waals surface area contributed by atoms with Crippen LogP contribution in [0.2, 0.25) is 0 Å². The number of hydrogen-bond donors (Lipinski definition) is 3. The number of ketones is 1. The number of benzene rings is 2. The monoisotopic (exact) mass is 354 g/mol. The molecule has 2 aromatic carbocycles. The lowest BCUT2D eigenvalue weighted by atomic mass is 9.85. The van der Waals surface area contributed by atoms with Crippen LogP contribution < -0.4 is 15.8 Å². The third-order valence-electron chi connectivity index (χ3n) is 4.64. The Morgan fingerprint density at radius 1 is 1.19 bits per heavy atom. The molecule has 0 unspecified atom stereocenters. The summed E-state index contributed by atoms with van der Waals surface area (Å²) in [4.78, 5) is 24.4. The topological polar surface area (TPSA) is 102 Å². The van der Waals surface area contributed by atoms with E-state index in [9.17, 15) is 14.7 Å². The highest BCUT2D eigenvalue weighted by Gasteiger charge is 2.43. The Kier molecular flexibility index (Phi) is 4.46. The molecule has 6 nitrogen and oxygen atoms in total. The van der Waals surface area contributed by atoms with E-state index in [0.29, 0.717) is 28.1 Å². The number of para-hydroxylation sites is 1. The maximum Gasteiger partial charge on any atom is 0.253 e. The second-order valence-electron chi connectivity index (χ2n) is 7.00. The third-order valence-corrected chi connectivity index (χ3v) is 4.64. The third kappa shape index (κ3) is 3.15. The number of carbonyl (C=O) groups is 2. The first-order valence-electron chi connectivity index (χ1n) is 8.38. The Bertz CT molecular complexity index is 876. The van der Waals surface area contributed by atoms with Crippen molar-refractivity contribution in [2.24, 2.45) is 0 Å². The fraction of sp³-hybridized carbons (Fsp3) is 0.300. The molecule has 1 aliphatic rings. The normalized spacial score (nSPS) is 20.6. The van der Waals surface area contributed by atoms with Gasteiger partial charge in [-0.3, -0.25) is 9.59 Å². The van der Waals surface area contributed by atoms with Crippen molar-refractivity contribution < 1.29 is 19.4 Å². The van der Waals surface area contributed by atoms with Crippen molar-refractivity contribution in [1.82, 2.24) is 5.32 Å². The van der Waals surface area contributed by atoms with Gasteiger partial charge >= 0.3 is 0 Å². The van der Waals surface area contributed by atoms with Crippen LogP contribution in [0.5, 0.6) is 5.75 Å². The standard InChI is InChI=1S/C20H22N2O4/c1-11(23)12-8-9-16-14(10-12)17(18(24)20(2,3)26-16)22-19(25)13-6-4-5-7-15(13)21/h4-10,17-18,24H,21H2,1-3H3,(H,22,25)/t17-,18+/m0/s1. The average molecular weight is 354 g/mol. The lowest BCUT2D eigenvalue weighted by molar-refractivity contribution is -0.0627. The highest BCUT2D eigenvalue weighted by Crippen LogP contribution is 2.40. The number of Topliss-reactive ketones (excluding diaryl/α,β-unsaturated/α-hetero) is 1. The van der Waals surface area contributed by atoms with Gasteiger partial charge in [-0.1, -0.05) is 12.1 Å².